The number of amides is 1. The van der Waals surface area contributed by atoms with Crippen molar-refractivity contribution in [3.8, 4) is 5.75 Å². The Bertz CT molecular complexity index is 508. The maximum absolute atomic E-state index is 12.5. The highest BCUT2D eigenvalue weighted by Gasteiger charge is 2.29. The molecule has 0 saturated heterocycles. The lowest BCUT2D eigenvalue weighted by atomic mass is 9.84. The molecule has 0 spiro atoms. The fraction of sp³-hybridized carbons (Fsp3) is 0.529. The van der Waals surface area contributed by atoms with Crippen molar-refractivity contribution in [3.05, 3.63) is 29.8 Å². The number of carbonyl (C=O) groups is 2. The molecule has 1 aliphatic rings. The number of rotatable bonds is 7. The summed E-state index contributed by atoms with van der Waals surface area (Å²) < 4.78 is 9.81. The Balaban J connectivity index is 2.01. The van der Waals surface area contributed by atoms with Gasteiger partial charge in [0.05, 0.1) is 20.6 Å². The molecule has 1 aromatic carbocycles. The van der Waals surface area contributed by atoms with E-state index in [0.717, 1.165) is 30.6 Å². The van der Waals surface area contributed by atoms with Crippen LogP contribution in [-0.4, -0.2) is 37.5 Å². The molecular formula is C17H23NO4. The minimum absolute atomic E-state index is 0.121. The molecule has 0 radical (unpaired) electrons. The normalized spacial score (nSPS) is 14.1. The fourth-order valence-electron chi connectivity index (χ4n) is 2.46. The summed E-state index contributed by atoms with van der Waals surface area (Å²) in [6, 6.07) is 7.64. The second kappa shape index (κ2) is 7.82. The molecular weight excluding hydrogens is 282 g/mol. The lowest BCUT2D eigenvalue weighted by Crippen LogP contribution is -2.39. The van der Waals surface area contributed by atoms with Crippen LogP contribution in [0.1, 0.15) is 31.2 Å². The zero-order chi connectivity index (χ0) is 15.9. The molecule has 1 aromatic rings. The van der Waals surface area contributed by atoms with Crippen molar-refractivity contribution in [1.82, 2.24) is 4.90 Å². The van der Waals surface area contributed by atoms with Gasteiger partial charge >= 0.3 is 5.97 Å². The fourth-order valence-corrected chi connectivity index (χ4v) is 2.46. The first-order valence-corrected chi connectivity index (χ1v) is 7.62. The number of ether oxygens (including phenoxy) is 2. The monoisotopic (exact) mass is 305 g/mol. The zero-order valence-electron chi connectivity index (χ0n) is 13.2. The van der Waals surface area contributed by atoms with Gasteiger partial charge in [-0.15, -0.1) is 0 Å². The molecule has 2 rings (SSSR count). The summed E-state index contributed by atoms with van der Waals surface area (Å²) >= 11 is 0. The molecule has 1 saturated carbocycles. The molecule has 5 heteroatoms. The molecule has 0 unspecified atom stereocenters. The summed E-state index contributed by atoms with van der Waals surface area (Å²) in [5, 5.41) is 0. The van der Waals surface area contributed by atoms with E-state index in [9.17, 15) is 9.59 Å². The van der Waals surface area contributed by atoms with E-state index in [1.54, 1.807) is 12.0 Å². The Morgan fingerprint density at radius 2 is 1.86 bits per heavy atom. The number of esters is 1. The van der Waals surface area contributed by atoms with Crippen molar-refractivity contribution >= 4 is 11.9 Å². The molecule has 0 atom stereocenters. The van der Waals surface area contributed by atoms with Crippen molar-refractivity contribution in [3.63, 3.8) is 0 Å². The summed E-state index contributed by atoms with van der Waals surface area (Å²) in [7, 11) is 2.99. The highest BCUT2D eigenvalue weighted by Crippen LogP contribution is 2.29. The lowest BCUT2D eigenvalue weighted by Gasteiger charge is -2.31. The van der Waals surface area contributed by atoms with Gasteiger partial charge in [0, 0.05) is 19.0 Å². The average Bonchev–Trinajstić information content (AvgIpc) is 2.49. The molecule has 0 bridgehead atoms. The van der Waals surface area contributed by atoms with Crippen molar-refractivity contribution in [1.29, 1.82) is 0 Å². The molecule has 0 heterocycles. The summed E-state index contributed by atoms with van der Waals surface area (Å²) in [6.45, 7) is 0.907. The van der Waals surface area contributed by atoms with Crippen LogP contribution in [0.5, 0.6) is 5.75 Å². The third-order valence-corrected chi connectivity index (χ3v) is 4.11. The number of hydrogen-bond donors (Lipinski definition) is 0. The van der Waals surface area contributed by atoms with E-state index in [1.165, 1.54) is 7.11 Å². The lowest BCUT2D eigenvalue weighted by molar-refractivity contribution is -0.143. The van der Waals surface area contributed by atoms with Gasteiger partial charge in [-0.3, -0.25) is 9.59 Å². The molecule has 5 nitrogen and oxygen atoms in total. The van der Waals surface area contributed by atoms with Crippen LogP contribution in [0.2, 0.25) is 0 Å². The average molecular weight is 305 g/mol. The topological polar surface area (TPSA) is 55.8 Å². The maximum atomic E-state index is 12.5. The second-order valence-electron chi connectivity index (χ2n) is 5.56. The minimum Gasteiger partial charge on any atom is -0.497 e. The molecule has 1 fully saturated rings. The van der Waals surface area contributed by atoms with Crippen LogP contribution in [0.3, 0.4) is 0 Å². The van der Waals surface area contributed by atoms with Gasteiger partial charge in [-0.25, -0.2) is 0 Å². The van der Waals surface area contributed by atoms with Crippen LogP contribution >= 0.6 is 0 Å². The molecule has 0 N–H and O–H groups in total. The highest BCUT2D eigenvalue weighted by molar-refractivity contribution is 5.80. The van der Waals surface area contributed by atoms with E-state index in [4.69, 9.17) is 4.74 Å². The Morgan fingerprint density at radius 1 is 1.18 bits per heavy atom. The van der Waals surface area contributed by atoms with E-state index in [2.05, 4.69) is 4.74 Å². The first-order chi connectivity index (χ1) is 10.6. The SMILES string of the molecule is COC(=O)CCN(Cc1ccc(OC)cc1)C(=O)C1CCC1. The smallest absolute Gasteiger partial charge is 0.307 e. The number of nitrogens with zero attached hydrogens (tertiary/aromatic N) is 1. The minimum atomic E-state index is -0.291. The van der Waals surface area contributed by atoms with Crippen LogP contribution in [0.25, 0.3) is 0 Å². The van der Waals surface area contributed by atoms with E-state index < -0.39 is 0 Å². The largest absolute Gasteiger partial charge is 0.497 e. The van der Waals surface area contributed by atoms with Crippen molar-refractivity contribution < 1.29 is 19.1 Å². The predicted octanol–water partition coefficient (Wildman–Crippen LogP) is 2.39. The summed E-state index contributed by atoms with van der Waals surface area (Å²) in [5.74, 6) is 0.762. The molecule has 1 amide bonds. The summed E-state index contributed by atoms with van der Waals surface area (Å²) in [6.07, 6.45) is 3.25. The van der Waals surface area contributed by atoms with Crippen LogP contribution in [0.4, 0.5) is 0 Å². The van der Waals surface area contributed by atoms with Crippen molar-refractivity contribution in [2.24, 2.45) is 5.92 Å². The van der Waals surface area contributed by atoms with Gasteiger partial charge in [0.1, 0.15) is 5.75 Å². The molecule has 0 aromatic heterocycles. The first-order valence-electron chi connectivity index (χ1n) is 7.62. The third kappa shape index (κ3) is 4.23. The summed E-state index contributed by atoms with van der Waals surface area (Å²) in [4.78, 5) is 25.6. The van der Waals surface area contributed by atoms with Gasteiger partial charge in [-0.2, -0.15) is 0 Å². The molecule has 120 valence electrons. The number of benzene rings is 1. The van der Waals surface area contributed by atoms with Gasteiger partial charge in [0.2, 0.25) is 5.91 Å². The molecule has 1 aliphatic carbocycles. The summed E-state index contributed by atoms with van der Waals surface area (Å²) in [5.41, 5.74) is 1.03. The van der Waals surface area contributed by atoms with Gasteiger partial charge in [0.15, 0.2) is 0 Å². The van der Waals surface area contributed by atoms with Gasteiger partial charge in [-0.05, 0) is 30.5 Å². The zero-order valence-corrected chi connectivity index (χ0v) is 13.2. The van der Waals surface area contributed by atoms with Crippen molar-refractivity contribution in [2.45, 2.75) is 32.2 Å². The molecule has 0 aliphatic heterocycles. The van der Waals surface area contributed by atoms with Crippen molar-refractivity contribution in [2.75, 3.05) is 20.8 Å². The van der Waals surface area contributed by atoms with Crippen LogP contribution in [-0.2, 0) is 20.9 Å². The van der Waals surface area contributed by atoms with E-state index in [0.29, 0.717) is 13.1 Å². The van der Waals surface area contributed by atoms with Gasteiger partial charge in [0.25, 0.3) is 0 Å². The van der Waals surface area contributed by atoms with E-state index in [-0.39, 0.29) is 24.2 Å². The van der Waals surface area contributed by atoms with Crippen LogP contribution in [0.15, 0.2) is 24.3 Å². The second-order valence-corrected chi connectivity index (χ2v) is 5.56. The predicted molar refractivity (Wildman–Crippen MR) is 82.4 cm³/mol. The standard InChI is InChI=1S/C17H23NO4/c1-21-15-8-6-13(7-9-15)12-18(11-10-16(19)22-2)17(20)14-4-3-5-14/h6-9,14H,3-5,10-12H2,1-2H3. The van der Waals surface area contributed by atoms with Crippen LogP contribution < -0.4 is 4.74 Å². The van der Waals surface area contributed by atoms with Crippen LogP contribution in [0, 0.1) is 5.92 Å². The maximum Gasteiger partial charge on any atom is 0.307 e. The quantitative estimate of drug-likeness (QED) is 0.726. The third-order valence-electron chi connectivity index (χ3n) is 4.11. The Morgan fingerprint density at radius 3 is 2.36 bits per heavy atom. The Hall–Kier alpha value is -2.04. The highest BCUT2D eigenvalue weighted by atomic mass is 16.5. The van der Waals surface area contributed by atoms with Gasteiger partial charge < -0.3 is 14.4 Å². The van der Waals surface area contributed by atoms with E-state index >= 15 is 0 Å². The number of hydrogen-bond acceptors (Lipinski definition) is 4. The number of carbonyl (C=O) groups excluding carboxylic acids is 2. The Labute approximate surface area is 131 Å². The van der Waals surface area contributed by atoms with Gasteiger partial charge in [-0.1, -0.05) is 18.6 Å². The van der Waals surface area contributed by atoms with E-state index in [1.807, 2.05) is 24.3 Å². The molecule has 22 heavy (non-hydrogen) atoms. The Kier molecular flexibility index (Phi) is 5.81. The first kappa shape index (κ1) is 16.3. The number of methoxy groups -OCH3 is 2.